The second-order valence-corrected chi connectivity index (χ2v) is 5.36. The highest BCUT2D eigenvalue weighted by atomic mass is 19.4. The van der Waals surface area contributed by atoms with Crippen molar-refractivity contribution in [1.82, 2.24) is 4.98 Å². The Labute approximate surface area is 112 Å². The van der Waals surface area contributed by atoms with Crippen molar-refractivity contribution < 1.29 is 26.3 Å². The van der Waals surface area contributed by atoms with Crippen molar-refractivity contribution in [3.8, 4) is 0 Å². The summed E-state index contributed by atoms with van der Waals surface area (Å²) in [6, 6.07) is 2.01. The van der Waals surface area contributed by atoms with Gasteiger partial charge in [-0.3, -0.25) is 4.98 Å². The molecule has 1 aromatic rings. The fraction of sp³-hybridized carbons (Fsp3) is 0.615. The van der Waals surface area contributed by atoms with Gasteiger partial charge < -0.3 is 0 Å². The second-order valence-electron chi connectivity index (χ2n) is 5.36. The van der Waals surface area contributed by atoms with E-state index in [1.165, 1.54) is 6.07 Å². The molecule has 0 saturated heterocycles. The zero-order valence-electron chi connectivity index (χ0n) is 10.6. The summed E-state index contributed by atoms with van der Waals surface area (Å²) in [5.74, 6) is -0.478. The summed E-state index contributed by atoms with van der Waals surface area (Å²) in [7, 11) is 0. The first-order chi connectivity index (χ1) is 9.05. The van der Waals surface area contributed by atoms with Crippen LogP contribution in [-0.2, 0) is 6.18 Å². The Morgan fingerprint density at radius 3 is 2.10 bits per heavy atom. The molecule has 20 heavy (non-hydrogen) atoms. The highest BCUT2D eigenvalue weighted by Gasteiger charge is 2.63. The molecule has 1 saturated carbocycles. The lowest BCUT2D eigenvalue weighted by atomic mass is 9.88. The van der Waals surface area contributed by atoms with Crippen molar-refractivity contribution in [1.29, 1.82) is 0 Å². The predicted molar refractivity (Wildman–Crippen MR) is 60.0 cm³/mol. The standard InChI is InChI=1S/C13H13F6N/c1-8(6-11(4-5-11)13(17,18)19)9-2-3-10(20-7-9)12(14,15)16/h2-3,7-8H,4-6H2,1H3. The summed E-state index contributed by atoms with van der Waals surface area (Å²) in [5.41, 5.74) is -2.30. The average Bonchev–Trinajstić information content (AvgIpc) is 3.08. The Kier molecular flexibility index (Phi) is 3.50. The largest absolute Gasteiger partial charge is 0.433 e. The number of alkyl halides is 6. The van der Waals surface area contributed by atoms with Crippen molar-refractivity contribution in [3.63, 3.8) is 0 Å². The van der Waals surface area contributed by atoms with Crippen LogP contribution in [-0.4, -0.2) is 11.2 Å². The summed E-state index contributed by atoms with van der Waals surface area (Å²) >= 11 is 0. The number of nitrogens with zero attached hydrogens (tertiary/aromatic N) is 1. The number of aromatic nitrogens is 1. The number of pyridine rings is 1. The van der Waals surface area contributed by atoms with Gasteiger partial charge in [-0.05, 0) is 36.8 Å². The van der Waals surface area contributed by atoms with Gasteiger partial charge in [0.05, 0.1) is 5.41 Å². The van der Waals surface area contributed by atoms with Crippen LogP contribution in [0.4, 0.5) is 26.3 Å². The maximum atomic E-state index is 12.8. The smallest absolute Gasteiger partial charge is 0.251 e. The molecule has 1 aromatic heterocycles. The number of hydrogen-bond acceptors (Lipinski definition) is 1. The molecule has 1 nitrogen and oxygen atoms in total. The van der Waals surface area contributed by atoms with E-state index in [4.69, 9.17) is 0 Å². The molecule has 7 heteroatoms. The van der Waals surface area contributed by atoms with Gasteiger partial charge in [0.1, 0.15) is 5.69 Å². The molecular weight excluding hydrogens is 284 g/mol. The lowest BCUT2D eigenvalue weighted by Crippen LogP contribution is -2.26. The zero-order valence-corrected chi connectivity index (χ0v) is 10.6. The van der Waals surface area contributed by atoms with Gasteiger partial charge in [-0.1, -0.05) is 13.0 Å². The maximum absolute atomic E-state index is 12.8. The van der Waals surface area contributed by atoms with E-state index in [9.17, 15) is 26.3 Å². The molecule has 0 aliphatic heterocycles. The van der Waals surface area contributed by atoms with Gasteiger partial charge in [0.2, 0.25) is 0 Å². The van der Waals surface area contributed by atoms with Crippen molar-refractivity contribution in [2.24, 2.45) is 5.41 Å². The van der Waals surface area contributed by atoms with Crippen LogP contribution in [0.25, 0.3) is 0 Å². The fourth-order valence-electron chi connectivity index (χ4n) is 2.32. The van der Waals surface area contributed by atoms with E-state index in [1.807, 2.05) is 0 Å². The molecule has 0 amide bonds. The van der Waals surface area contributed by atoms with Crippen molar-refractivity contribution in [2.75, 3.05) is 0 Å². The van der Waals surface area contributed by atoms with Crippen LogP contribution in [0.3, 0.4) is 0 Å². The van der Waals surface area contributed by atoms with Crippen molar-refractivity contribution >= 4 is 0 Å². The minimum Gasteiger partial charge on any atom is -0.251 e. The van der Waals surface area contributed by atoms with Crippen molar-refractivity contribution in [2.45, 2.75) is 44.5 Å². The van der Waals surface area contributed by atoms with E-state index < -0.39 is 29.4 Å². The van der Waals surface area contributed by atoms with Gasteiger partial charge in [-0.15, -0.1) is 0 Å². The van der Waals surface area contributed by atoms with Crippen LogP contribution in [0.5, 0.6) is 0 Å². The number of halogens is 6. The van der Waals surface area contributed by atoms with E-state index >= 15 is 0 Å². The SMILES string of the molecule is CC(CC1(C(F)(F)F)CC1)c1ccc(C(F)(F)F)nc1. The predicted octanol–water partition coefficient (Wildman–Crippen LogP) is 4.94. The topological polar surface area (TPSA) is 12.9 Å². The van der Waals surface area contributed by atoms with Gasteiger partial charge >= 0.3 is 12.4 Å². The molecule has 0 N–H and O–H groups in total. The summed E-state index contributed by atoms with van der Waals surface area (Å²) in [6.07, 6.45) is -7.70. The van der Waals surface area contributed by atoms with Gasteiger partial charge in [0, 0.05) is 6.20 Å². The van der Waals surface area contributed by atoms with Crippen LogP contribution >= 0.6 is 0 Å². The van der Waals surface area contributed by atoms with Crippen LogP contribution in [0, 0.1) is 5.41 Å². The first-order valence-electron chi connectivity index (χ1n) is 6.15. The van der Waals surface area contributed by atoms with Crippen molar-refractivity contribution in [3.05, 3.63) is 29.6 Å². The molecule has 0 aromatic carbocycles. The molecule has 112 valence electrons. The zero-order chi connectivity index (χ0) is 15.2. The van der Waals surface area contributed by atoms with Crippen LogP contribution in [0.1, 0.15) is 43.4 Å². The van der Waals surface area contributed by atoms with E-state index in [0.29, 0.717) is 5.56 Å². The summed E-state index contributed by atoms with van der Waals surface area (Å²) in [5, 5.41) is 0. The third kappa shape index (κ3) is 2.91. The molecule has 1 fully saturated rings. The van der Waals surface area contributed by atoms with E-state index in [1.54, 1.807) is 6.92 Å². The van der Waals surface area contributed by atoms with E-state index in [2.05, 4.69) is 4.98 Å². The van der Waals surface area contributed by atoms with E-state index in [-0.39, 0.29) is 19.3 Å². The third-order valence-corrected chi connectivity index (χ3v) is 3.80. The number of hydrogen-bond donors (Lipinski definition) is 0. The summed E-state index contributed by atoms with van der Waals surface area (Å²) < 4.78 is 75.5. The van der Waals surface area contributed by atoms with Crippen LogP contribution in [0.15, 0.2) is 18.3 Å². The second kappa shape index (κ2) is 4.63. The lowest BCUT2D eigenvalue weighted by Gasteiger charge is -2.23. The van der Waals surface area contributed by atoms with Crippen LogP contribution in [0.2, 0.25) is 0 Å². The fourth-order valence-corrected chi connectivity index (χ4v) is 2.32. The van der Waals surface area contributed by atoms with E-state index in [0.717, 1.165) is 12.3 Å². The Balaban J connectivity index is 2.09. The van der Waals surface area contributed by atoms with Gasteiger partial charge in [-0.2, -0.15) is 26.3 Å². The molecule has 1 aliphatic rings. The summed E-state index contributed by atoms with van der Waals surface area (Å²) in [6.45, 7) is 1.58. The molecule has 2 rings (SSSR count). The lowest BCUT2D eigenvalue weighted by molar-refractivity contribution is -0.190. The Hall–Kier alpha value is -1.27. The molecule has 0 bridgehead atoms. The molecule has 0 spiro atoms. The normalized spacial score (nSPS) is 19.8. The quantitative estimate of drug-likeness (QED) is 0.720. The molecular formula is C13H13F6N. The summed E-state index contributed by atoms with van der Waals surface area (Å²) in [4.78, 5) is 3.28. The van der Waals surface area contributed by atoms with Gasteiger partial charge in [0.25, 0.3) is 0 Å². The Bertz CT molecular complexity index is 469. The first-order valence-corrected chi connectivity index (χ1v) is 6.15. The average molecular weight is 297 g/mol. The third-order valence-electron chi connectivity index (χ3n) is 3.80. The molecule has 1 aliphatic carbocycles. The minimum atomic E-state index is -4.54. The number of rotatable bonds is 3. The Morgan fingerprint density at radius 1 is 1.15 bits per heavy atom. The van der Waals surface area contributed by atoms with Gasteiger partial charge in [-0.25, -0.2) is 0 Å². The highest BCUT2D eigenvalue weighted by molar-refractivity contribution is 5.20. The maximum Gasteiger partial charge on any atom is 0.433 e. The Morgan fingerprint density at radius 2 is 1.75 bits per heavy atom. The van der Waals surface area contributed by atoms with Crippen LogP contribution < -0.4 is 0 Å². The molecule has 1 heterocycles. The minimum absolute atomic E-state index is 0.0922. The van der Waals surface area contributed by atoms with Gasteiger partial charge in [0.15, 0.2) is 0 Å². The molecule has 0 radical (unpaired) electrons. The highest BCUT2D eigenvalue weighted by Crippen LogP contribution is 2.62. The first kappa shape index (κ1) is 15.1. The monoisotopic (exact) mass is 297 g/mol. The molecule has 1 atom stereocenters. The molecule has 1 unspecified atom stereocenters.